The van der Waals surface area contributed by atoms with Crippen LogP contribution in [0.2, 0.25) is 0 Å². The van der Waals surface area contributed by atoms with E-state index in [-0.39, 0.29) is 11.2 Å². The molecule has 1 aromatic heterocycles. The molecule has 2 aromatic rings. The van der Waals surface area contributed by atoms with Crippen molar-refractivity contribution in [2.24, 2.45) is 4.99 Å². The molecule has 24 heavy (non-hydrogen) atoms. The Labute approximate surface area is 140 Å². The van der Waals surface area contributed by atoms with Gasteiger partial charge in [-0.25, -0.2) is 4.39 Å². The van der Waals surface area contributed by atoms with E-state index >= 15 is 0 Å². The van der Waals surface area contributed by atoms with Crippen molar-refractivity contribution in [3.63, 3.8) is 0 Å². The number of aromatic nitrogens is 2. The first kappa shape index (κ1) is 16.4. The average molecular weight is 331 g/mol. The molecular weight excluding hydrogens is 309 g/mol. The Morgan fingerprint density at radius 2 is 2.12 bits per heavy atom. The maximum Gasteiger partial charge on any atom is 0.228 e. The highest BCUT2D eigenvalue weighted by Gasteiger charge is 2.45. The summed E-state index contributed by atoms with van der Waals surface area (Å²) < 4.78 is 19.1. The minimum atomic E-state index is -0.133. The van der Waals surface area contributed by atoms with Gasteiger partial charge in [-0.15, -0.1) is 0 Å². The van der Waals surface area contributed by atoms with E-state index in [0.29, 0.717) is 37.2 Å². The van der Waals surface area contributed by atoms with E-state index in [4.69, 9.17) is 4.52 Å². The van der Waals surface area contributed by atoms with Gasteiger partial charge in [0, 0.05) is 32.0 Å². The Morgan fingerprint density at radius 3 is 2.75 bits per heavy atom. The molecule has 1 saturated carbocycles. The van der Waals surface area contributed by atoms with Crippen LogP contribution >= 0.6 is 0 Å². The molecule has 0 spiro atoms. The fraction of sp³-hybridized carbons (Fsp3) is 0.471. The van der Waals surface area contributed by atoms with Crippen molar-refractivity contribution in [3.05, 3.63) is 47.4 Å². The van der Waals surface area contributed by atoms with E-state index in [9.17, 15) is 4.39 Å². The second-order valence-electron chi connectivity index (χ2n) is 6.10. The van der Waals surface area contributed by atoms with Crippen molar-refractivity contribution in [2.75, 3.05) is 20.1 Å². The number of halogens is 1. The SMILES string of the molecule is CN=C(NCCc1nc(C)no1)NCC1(c2ccccc2F)CC1. The number of hydrogen-bond donors (Lipinski definition) is 2. The zero-order valence-electron chi connectivity index (χ0n) is 14.0. The Balaban J connectivity index is 1.50. The summed E-state index contributed by atoms with van der Waals surface area (Å²) in [4.78, 5) is 8.36. The van der Waals surface area contributed by atoms with Crippen LogP contribution in [0, 0.1) is 12.7 Å². The molecule has 1 aliphatic carbocycles. The number of guanidine groups is 1. The molecule has 0 amide bonds. The van der Waals surface area contributed by atoms with Crippen LogP contribution in [0.15, 0.2) is 33.8 Å². The van der Waals surface area contributed by atoms with Crippen molar-refractivity contribution >= 4 is 5.96 Å². The van der Waals surface area contributed by atoms with Gasteiger partial charge in [0.15, 0.2) is 11.8 Å². The molecule has 0 aliphatic heterocycles. The zero-order chi connectivity index (χ0) is 17.0. The lowest BCUT2D eigenvalue weighted by Gasteiger charge is -2.19. The third-order valence-corrected chi connectivity index (χ3v) is 4.32. The highest BCUT2D eigenvalue weighted by Crippen LogP contribution is 2.48. The summed E-state index contributed by atoms with van der Waals surface area (Å²) in [5, 5.41) is 10.3. The van der Waals surface area contributed by atoms with Gasteiger partial charge in [-0.3, -0.25) is 4.99 Å². The quantitative estimate of drug-likeness (QED) is 0.625. The van der Waals surface area contributed by atoms with Crippen LogP contribution in [0.3, 0.4) is 0 Å². The third-order valence-electron chi connectivity index (χ3n) is 4.32. The molecule has 2 N–H and O–H groups in total. The lowest BCUT2D eigenvalue weighted by Crippen LogP contribution is -2.42. The standard InChI is InChI=1S/C17H22FN5O/c1-12-22-15(24-23-12)7-10-20-16(19-2)21-11-17(8-9-17)13-5-3-4-6-14(13)18/h3-6H,7-11H2,1-2H3,(H2,19,20,21). The summed E-state index contributed by atoms with van der Waals surface area (Å²) >= 11 is 0. The van der Waals surface area contributed by atoms with E-state index in [0.717, 1.165) is 18.4 Å². The second-order valence-corrected chi connectivity index (χ2v) is 6.10. The Kier molecular flexibility index (Phi) is 4.78. The lowest BCUT2D eigenvalue weighted by atomic mass is 9.95. The smallest absolute Gasteiger partial charge is 0.228 e. The van der Waals surface area contributed by atoms with Gasteiger partial charge in [0.25, 0.3) is 0 Å². The fourth-order valence-electron chi connectivity index (χ4n) is 2.79. The molecule has 7 heteroatoms. The first-order chi connectivity index (χ1) is 11.6. The van der Waals surface area contributed by atoms with E-state index in [1.54, 1.807) is 20.0 Å². The van der Waals surface area contributed by atoms with Crippen LogP contribution in [0.4, 0.5) is 4.39 Å². The van der Waals surface area contributed by atoms with Crippen molar-refractivity contribution in [1.82, 2.24) is 20.8 Å². The van der Waals surface area contributed by atoms with Crippen LogP contribution < -0.4 is 10.6 Å². The number of benzene rings is 1. The number of nitrogens with zero attached hydrogens (tertiary/aromatic N) is 3. The molecule has 1 fully saturated rings. The molecule has 0 bridgehead atoms. The highest BCUT2D eigenvalue weighted by molar-refractivity contribution is 5.79. The zero-order valence-corrected chi connectivity index (χ0v) is 14.0. The summed E-state index contributed by atoms with van der Waals surface area (Å²) in [6.45, 7) is 3.08. The van der Waals surface area contributed by atoms with Crippen molar-refractivity contribution in [2.45, 2.75) is 31.6 Å². The fourth-order valence-corrected chi connectivity index (χ4v) is 2.79. The minimum Gasteiger partial charge on any atom is -0.356 e. The first-order valence-corrected chi connectivity index (χ1v) is 8.12. The maximum atomic E-state index is 14.0. The number of nitrogens with one attached hydrogen (secondary N) is 2. The monoisotopic (exact) mass is 331 g/mol. The maximum absolute atomic E-state index is 14.0. The third kappa shape index (κ3) is 3.72. The van der Waals surface area contributed by atoms with E-state index in [1.807, 2.05) is 12.1 Å². The molecule has 0 atom stereocenters. The largest absolute Gasteiger partial charge is 0.356 e. The number of rotatable bonds is 6. The summed E-state index contributed by atoms with van der Waals surface area (Å²) in [7, 11) is 1.72. The van der Waals surface area contributed by atoms with Crippen LogP contribution in [0.25, 0.3) is 0 Å². The topological polar surface area (TPSA) is 75.3 Å². The van der Waals surface area contributed by atoms with Crippen molar-refractivity contribution < 1.29 is 8.91 Å². The van der Waals surface area contributed by atoms with Gasteiger partial charge in [-0.05, 0) is 31.4 Å². The van der Waals surface area contributed by atoms with Gasteiger partial charge >= 0.3 is 0 Å². The molecule has 1 heterocycles. The normalized spacial score (nSPS) is 16.0. The van der Waals surface area contributed by atoms with Crippen molar-refractivity contribution in [3.8, 4) is 0 Å². The van der Waals surface area contributed by atoms with Gasteiger partial charge in [0.05, 0.1) is 0 Å². The Bertz CT molecular complexity index is 723. The van der Waals surface area contributed by atoms with Crippen LogP contribution in [-0.2, 0) is 11.8 Å². The summed E-state index contributed by atoms with van der Waals surface area (Å²) in [6, 6.07) is 7.01. The predicted octanol–water partition coefficient (Wildman–Crippen LogP) is 1.96. The first-order valence-electron chi connectivity index (χ1n) is 8.12. The molecule has 0 saturated heterocycles. The minimum absolute atomic E-state index is 0.118. The molecule has 0 unspecified atom stereocenters. The Hall–Kier alpha value is -2.44. The van der Waals surface area contributed by atoms with Crippen LogP contribution in [-0.4, -0.2) is 36.2 Å². The molecule has 1 aliphatic rings. The number of aryl methyl sites for hydroxylation is 1. The van der Waals surface area contributed by atoms with Crippen LogP contribution in [0.1, 0.15) is 30.1 Å². The molecule has 1 aromatic carbocycles. The van der Waals surface area contributed by atoms with Gasteiger partial charge in [0.2, 0.25) is 5.89 Å². The molecule has 0 radical (unpaired) electrons. The highest BCUT2D eigenvalue weighted by atomic mass is 19.1. The average Bonchev–Trinajstić information content (AvgIpc) is 3.26. The van der Waals surface area contributed by atoms with Crippen LogP contribution in [0.5, 0.6) is 0 Å². The van der Waals surface area contributed by atoms with E-state index in [1.165, 1.54) is 6.07 Å². The number of hydrogen-bond acceptors (Lipinski definition) is 4. The molecule has 6 nitrogen and oxygen atoms in total. The van der Waals surface area contributed by atoms with Gasteiger partial charge < -0.3 is 15.2 Å². The molecular formula is C17H22FN5O. The summed E-state index contributed by atoms with van der Waals surface area (Å²) in [5.74, 6) is 1.79. The van der Waals surface area contributed by atoms with Gasteiger partial charge in [-0.1, -0.05) is 23.4 Å². The van der Waals surface area contributed by atoms with Gasteiger partial charge in [-0.2, -0.15) is 4.98 Å². The molecule has 128 valence electrons. The second kappa shape index (κ2) is 6.98. The summed E-state index contributed by atoms with van der Waals surface area (Å²) in [6.07, 6.45) is 2.60. The van der Waals surface area contributed by atoms with Gasteiger partial charge in [0.1, 0.15) is 5.82 Å². The van der Waals surface area contributed by atoms with Crippen molar-refractivity contribution in [1.29, 1.82) is 0 Å². The number of aliphatic imine (C=N–C) groups is 1. The lowest BCUT2D eigenvalue weighted by molar-refractivity contribution is 0.374. The molecule has 3 rings (SSSR count). The summed E-state index contributed by atoms with van der Waals surface area (Å²) in [5.41, 5.74) is 0.668. The Morgan fingerprint density at radius 1 is 1.33 bits per heavy atom. The van der Waals surface area contributed by atoms with E-state index < -0.39 is 0 Å². The van der Waals surface area contributed by atoms with E-state index in [2.05, 4.69) is 25.8 Å². The predicted molar refractivity (Wildman–Crippen MR) is 89.4 cm³/mol.